The standard InChI is InChI=1S/C18H24N4O3/c1-4-24-10-13-21-15-14-11(20-17(19)16(15)22-13)6-5-7-12(14)25-9-8-18(2,3)23/h5-7,23H,4,8-10H2,1-3H3,(H2,19,20)(H,21,22). The molecule has 0 saturated heterocycles. The lowest BCUT2D eigenvalue weighted by atomic mass is 10.1. The highest BCUT2D eigenvalue weighted by Gasteiger charge is 2.17. The summed E-state index contributed by atoms with van der Waals surface area (Å²) < 4.78 is 11.3. The van der Waals surface area contributed by atoms with Crippen LogP contribution in [0.1, 0.15) is 33.0 Å². The fraction of sp³-hybridized carbons (Fsp3) is 0.444. The van der Waals surface area contributed by atoms with Crippen molar-refractivity contribution in [2.45, 2.75) is 39.4 Å². The molecule has 134 valence electrons. The van der Waals surface area contributed by atoms with Gasteiger partial charge in [-0.1, -0.05) is 6.07 Å². The van der Waals surface area contributed by atoms with E-state index in [1.54, 1.807) is 13.8 Å². The predicted molar refractivity (Wildman–Crippen MR) is 97.5 cm³/mol. The monoisotopic (exact) mass is 344 g/mol. The number of nitrogens with two attached hydrogens (primary N) is 1. The molecular weight excluding hydrogens is 320 g/mol. The molecule has 0 bridgehead atoms. The van der Waals surface area contributed by atoms with Crippen molar-refractivity contribution in [1.29, 1.82) is 0 Å². The molecule has 7 nitrogen and oxygen atoms in total. The van der Waals surface area contributed by atoms with Gasteiger partial charge in [-0.2, -0.15) is 0 Å². The maximum absolute atomic E-state index is 9.86. The number of rotatable bonds is 7. The minimum absolute atomic E-state index is 0.383. The molecule has 2 heterocycles. The number of nitrogen functional groups attached to an aromatic ring is 1. The number of hydrogen-bond donors (Lipinski definition) is 3. The zero-order chi connectivity index (χ0) is 18.0. The summed E-state index contributed by atoms with van der Waals surface area (Å²) in [5.41, 5.74) is 7.42. The van der Waals surface area contributed by atoms with Crippen molar-refractivity contribution in [1.82, 2.24) is 15.0 Å². The SMILES string of the molecule is CCOCc1nc2c([nH]1)c(N)nc1cccc(OCCC(C)(C)O)c12. The largest absolute Gasteiger partial charge is 0.493 e. The second-order valence-electron chi connectivity index (χ2n) is 6.60. The lowest BCUT2D eigenvalue weighted by Gasteiger charge is -2.17. The Balaban J connectivity index is 2.04. The van der Waals surface area contributed by atoms with Crippen LogP contribution in [0.2, 0.25) is 0 Å². The molecule has 0 saturated carbocycles. The van der Waals surface area contributed by atoms with Crippen LogP contribution in [0.25, 0.3) is 21.9 Å². The summed E-state index contributed by atoms with van der Waals surface area (Å²) in [4.78, 5) is 12.3. The normalized spacial score (nSPS) is 12.2. The van der Waals surface area contributed by atoms with Gasteiger partial charge in [0.25, 0.3) is 0 Å². The molecule has 0 aliphatic carbocycles. The molecule has 0 amide bonds. The Morgan fingerprint density at radius 3 is 2.80 bits per heavy atom. The number of nitrogens with zero attached hydrogens (tertiary/aromatic N) is 2. The Labute approximate surface area is 146 Å². The van der Waals surface area contributed by atoms with Gasteiger partial charge in [-0.25, -0.2) is 9.97 Å². The molecule has 0 aliphatic heterocycles. The molecule has 0 spiro atoms. The summed E-state index contributed by atoms with van der Waals surface area (Å²) >= 11 is 0. The highest BCUT2D eigenvalue weighted by Crippen LogP contribution is 2.33. The average molecular weight is 344 g/mol. The van der Waals surface area contributed by atoms with Gasteiger partial charge in [0.15, 0.2) is 0 Å². The van der Waals surface area contributed by atoms with E-state index in [0.29, 0.717) is 49.1 Å². The van der Waals surface area contributed by atoms with E-state index in [0.717, 1.165) is 16.4 Å². The summed E-state index contributed by atoms with van der Waals surface area (Å²) in [6.45, 7) is 6.83. The van der Waals surface area contributed by atoms with E-state index in [2.05, 4.69) is 15.0 Å². The molecule has 0 fully saturated rings. The van der Waals surface area contributed by atoms with Crippen LogP contribution in [-0.4, -0.2) is 38.9 Å². The van der Waals surface area contributed by atoms with Gasteiger partial charge in [-0.15, -0.1) is 0 Å². The Morgan fingerprint density at radius 2 is 2.08 bits per heavy atom. The van der Waals surface area contributed by atoms with Crippen molar-refractivity contribution >= 4 is 27.8 Å². The van der Waals surface area contributed by atoms with Gasteiger partial charge in [0, 0.05) is 13.0 Å². The number of nitrogens with one attached hydrogen (secondary N) is 1. The van der Waals surface area contributed by atoms with Crippen molar-refractivity contribution < 1.29 is 14.6 Å². The first-order chi connectivity index (χ1) is 11.9. The molecule has 25 heavy (non-hydrogen) atoms. The maximum atomic E-state index is 9.86. The number of aliphatic hydroxyl groups is 1. The van der Waals surface area contributed by atoms with Gasteiger partial charge in [-0.3, -0.25) is 0 Å². The molecule has 0 aliphatic rings. The number of anilines is 1. The van der Waals surface area contributed by atoms with Gasteiger partial charge >= 0.3 is 0 Å². The van der Waals surface area contributed by atoms with E-state index in [-0.39, 0.29) is 0 Å². The van der Waals surface area contributed by atoms with Crippen LogP contribution in [-0.2, 0) is 11.3 Å². The molecule has 0 atom stereocenters. The van der Waals surface area contributed by atoms with E-state index >= 15 is 0 Å². The minimum Gasteiger partial charge on any atom is -0.493 e. The molecule has 1 aromatic carbocycles. The highest BCUT2D eigenvalue weighted by molar-refractivity contribution is 6.09. The zero-order valence-corrected chi connectivity index (χ0v) is 14.8. The molecule has 3 aromatic rings. The van der Waals surface area contributed by atoms with Crippen molar-refractivity contribution in [3.63, 3.8) is 0 Å². The summed E-state index contributed by atoms with van der Waals surface area (Å²) in [5, 5.41) is 10.7. The van der Waals surface area contributed by atoms with Crippen LogP contribution in [0.4, 0.5) is 5.82 Å². The summed E-state index contributed by atoms with van der Waals surface area (Å²) in [7, 11) is 0. The van der Waals surface area contributed by atoms with E-state index in [1.807, 2.05) is 25.1 Å². The second-order valence-corrected chi connectivity index (χ2v) is 6.60. The summed E-state index contributed by atoms with van der Waals surface area (Å²) in [5.74, 6) is 1.77. The van der Waals surface area contributed by atoms with Crippen LogP contribution >= 0.6 is 0 Å². The number of H-pyrrole nitrogens is 1. The third-order valence-corrected chi connectivity index (χ3v) is 3.91. The molecule has 3 rings (SSSR count). The number of fused-ring (bicyclic) bond motifs is 3. The van der Waals surface area contributed by atoms with Crippen molar-refractivity contribution in [3.8, 4) is 5.75 Å². The van der Waals surface area contributed by atoms with Crippen LogP contribution < -0.4 is 10.5 Å². The van der Waals surface area contributed by atoms with Gasteiger partial charge < -0.3 is 25.3 Å². The van der Waals surface area contributed by atoms with Crippen LogP contribution in [0.15, 0.2) is 18.2 Å². The quantitative estimate of drug-likeness (QED) is 0.608. The second kappa shape index (κ2) is 6.85. The molecular formula is C18H24N4O3. The Bertz CT molecular complexity index is 883. The first-order valence-electron chi connectivity index (χ1n) is 8.39. The number of imidazole rings is 1. The van der Waals surface area contributed by atoms with Crippen LogP contribution in [0.3, 0.4) is 0 Å². The number of ether oxygens (including phenoxy) is 2. The average Bonchev–Trinajstić information content (AvgIpc) is 2.96. The van der Waals surface area contributed by atoms with Gasteiger partial charge in [-0.05, 0) is 32.9 Å². The number of aromatic nitrogens is 3. The smallest absolute Gasteiger partial charge is 0.150 e. The van der Waals surface area contributed by atoms with Gasteiger partial charge in [0.05, 0.1) is 23.1 Å². The van der Waals surface area contributed by atoms with Crippen LogP contribution in [0.5, 0.6) is 5.75 Å². The first kappa shape index (κ1) is 17.4. The number of pyridine rings is 1. The zero-order valence-electron chi connectivity index (χ0n) is 14.8. The molecule has 0 radical (unpaired) electrons. The van der Waals surface area contributed by atoms with Gasteiger partial charge in [0.2, 0.25) is 0 Å². The van der Waals surface area contributed by atoms with E-state index in [9.17, 15) is 5.11 Å². The van der Waals surface area contributed by atoms with Gasteiger partial charge in [0.1, 0.15) is 35.0 Å². The molecule has 0 unspecified atom stereocenters. The fourth-order valence-electron chi connectivity index (χ4n) is 2.62. The highest BCUT2D eigenvalue weighted by atomic mass is 16.5. The molecule has 4 N–H and O–H groups in total. The molecule has 7 heteroatoms. The van der Waals surface area contributed by atoms with Crippen LogP contribution in [0, 0.1) is 0 Å². The van der Waals surface area contributed by atoms with E-state index in [4.69, 9.17) is 15.2 Å². The van der Waals surface area contributed by atoms with E-state index in [1.165, 1.54) is 0 Å². The number of aromatic amines is 1. The maximum Gasteiger partial charge on any atom is 0.150 e. The summed E-state index contributed by atoms with van der Waals surface area (Å²) in [6, 6.07) is 5.62. The Morgan fingerprint density at radius 1 is 1.28 bits per heavy atom. The van der Waals surface area contributed by atoms with Crippen molar-refractivity contribution in [2.24, 2.45) is 0 Å². The number of hydrogen-bond acceptors (Lipinski definition) is 6. The van der Waals surface area contributed by atoms with Crippen molar-refractivity contribution in [3.05, 3.63) is 24.0 Å². The lowest BCUT2D eigenvalue weighted by molar-refractivity contribution is 0.0555. The molecule has 2 aromatic heterocycles. The minimum atomic E-state index is -0.778. The first-order valence-corrected chi connectivity index (χ1v) is 8.39. The third-order valence-electron chi connectivity index (χ3n) is 3.91. The Kier molecular flexibility index (Phi) is 4.78. The number of benzene rings is 1. The van der Waals surface area contributed by atoms with E-state index < -0.39 is 5.60 Å². The lowest BCUT2D eigenvalue weighted by Crippen LogP contribution is -2.21. The predicted octanol–water partition coefficient (Wildman–Crippen LogP) is 2.77. The topological polar surface area (TPSA) is 106 Å². The Hall–Kier alpha value is -2.38. The third kappa shape index (κ3) is 3.83. The summed E-state index contributed by atoms with van der Waals surface area (Å²) in [6.07, 6.45) is 0.519. The van der Waals surface area contributed by atoms with Crippen molar-refractivity contribution in [2.75, 3.05) is 18.9 Å². The fourth-order valence-corrected chi connectivity index (χ4v) is 2.62.